The van der Waals surface area contributed by atoms with E-state index in [-0.39, 0.29) is 5.54 Å². The molecule has 2 nitrogen and oxygen atoms in total. The Bertz CT molecular complexity index is 439. The van der Waals surface area contributed by atoms with Crippen LogP contribution < -0.4 is 11.1 Å². The fourth-order valence-corrected chi connectivity index (χ4v) is 3.99. The van der Waals surface area contributed by atoms with Gasteiger partial charge in [0, 0.05) is 18.1 Å². The van der Waals surface area contributed by atoms with Crippen molar-refractivity contribution in [3.63, 3.8) is 0 Å². The van der Waals surface area contributed by atoms with E-state index < -0.39 is 0 Å². The Hall–Kier alpha value is -0.860. The summed E-state index contributed by atoms with van der Waals surface area (Å²) in [5, 5.41) is 3.92. The van der Waals surface area contributed by atoms with E-state index in [2.05, 4.69) is 43.4 Å². The Morgan fingerprint density at radius 3 is 2.32 bits per heavy atom. The van der Waals surface area contributed by atoms with Gasteiger partial charge in [0.25, 0.3) is 0 Å². The van der Waals surface area contributed by atoms with Gasteiger partial charge in [0.2, 0.25) is 0 Å². The standard InChI is InChI=1S/C17H26N2/c1-16(2)8-7-15(11-16)19-17(12-18)9-13-5-3-4-6-14(13)10-17/h3-6,15,19H,7-12,18H2,1-2H3. The number of nitrogens with one attached hydrogen (secondary N) is 1. The molecule has 1 saturated carbocycles. The van der Waals surface area contributed by atoms with Crippen LogP contribution in [0.15, 0.2) is 24.3 Å². The Kier molecular flexibility index (Phi) is 3.18. The third-order valence-electron chi connectivity index (χ3n) is 5.05. The van der Waals surface area contributed by atoms with Gasteiger partial charge in [0.05, 0.1) is 0 Å². The summed E-state index contributed by atoms with van der Waals surface area (Å²) in [4.78, 5) is 0. The first-order valence-corrected chi connectivity index (χ1v) is 7.57. The van der Waals surface area contributed by atoms with Gasteiger partial charge in [-0.25, -0.2) is 0 Å². The molecule has 1 aromatic rings. The molecule has 0 aromatic heterocycles. The Balaban J connectivity index is 1.73. The largest absolute Gasteiger partial charge is 0.329 e. The normalized spacial score (nSPS) is 27.4. The van der Waals surface area contributed by atoms with Gasteiger partial charge in [-0.2, -0.15) is 0 Å². The predicted octanol–water partition coefficient (Wildman–Crippen LogP) is 2.65. The van der Waals surface area contributed by atoms with Crippen LogP contribution >= 0.6 is 0 Å². The second-order valence-corrected chi connectivity index (χ2v) is 7.35. The molecule has 0 bridgehead atoms. The highest BCUT2D eigenvalue weighted by molar-refractivity contribution is 5.36. The summed E-state index contributed by atoms with van der Waals surface area (Å²) in [6.07, 6.45) is 6.10. The molecule has 104 valence electrons. The van der Waals surface area contributed by atoms with Gasteiger partial charge in [0.15, 0.2) is 0 Å². The van der Waals surface area contributed by atoms with Crippen molar-refractivity contribution in [2.75, 3.05) is 6.54 Å². The minimum atomic E-state index is 0.106. The minimum Gasteiger partial charge on any atom is -0.329 e. The van der Waals surface area contributed by atoms with E-state index >= 15 is 0 Å². The summed E-state index contributed by atoms with van der Waals surface area (Å²) in [7, 11) is 0. The molecule has 0 saturated heterocycles. The molecule has 1 aromatic carbocycles. The molecule has 2 aliphatic carbocycles. The molecule has 3 rings (SSSR count). The van der Waals surface area contributed by atoms with Crippen molar-refractivity contribution < 1.29 is 0 Å². The number of rotatable bonds is 3. The molecule has 0 amide bonds. The number of benzene rings is 1. The number of fused-ring (bicyclic) bond motifs is 1. The van der Waals surface area contributed by atoms with E-state index in [0.717, 1.165) is 19.4 Å². The molecule has 2 aliphatic rings. The van der Waals surface area contributed by atoms with Crippen LogP contribution in [-0.4, -0.2) is 18.1 Å². The van der Waals surface area contributed by atoms with Gasteiger partial charge < -0.3 is 11.1 Å². The predicted molar refractivity (Wildman–Crippen MR) is 80.2 cm³/mol. The highest BCUT2D eigenvalue weighted by Gasteiger charge is 2.40. The highest BCUT2D eigenvalue weighted by Crippen LogP contribution is 2.39. The van der Waals surface area contributed by atoms with Crippen LogP contribution in [-0.2, 0) is 12.8 Å². The Morgan fingerprint density at radius 1 is 1.21 bits per heavy atom. The van der Waals surface area contributed by atoms with Crippen molar-refractivity contribution in [2.24, 2.45) is 11.1 Å². The molecular weight excluding hydrogens is 232 g/mol. The van der Waals surface area contributed by atoms with Crippen LogP contribution in [0.2, 0.25) is 0 Å². The third kappa shape index (κ3) is 2.56. The third-order valence-corrected chi connectivity index (χ3v) is 5.05. The lowest BCUT2D eigenvalue weighted by molar-refractivity contribution is 0.285. The summed E-state index contributed by atoms with van der Waals surface area (Å²) < 4.78 is 0. The van der Waals surface area contributed by atoms with Crippen molar-refractivity contribution in [1.82, 2.24) is 5.32 Å². The van der Waals surface area contributed by atoms with Crippen LogP contribution in [0.3, 0.4) is 0 Å². The zero-order valence-corrected chi connectivity index (χ0v) is 12.2. The maximum Gasteiger partial charge on any atom is 0.0387 e. The maximum atomic E-state index is 6.13. The molecule has 0 spiro atoms. The Labute approximate surface area is 116 Å². The van der Waals surface area contributed by atoms with Gasteiger partial charge in [-0.15, -0.1) is 0 Å². The zero-order chi connectivity index (χ0) is 13.5. The van der Waals surface area contributed by atoms with E-state index in [1.54, 1.807) is 0 Å². The van der Waals surface area contributed by atoms with E-state index in [9.17, 15) is 0 Å². The lowest BCUT2D eigenvalue weighted by atomic mass is 9.90. The van der Waals surface area contributed by atoms with Gasteiger partial charge in [-0.05, 0) is 48.6 Å². The lowest BCUT2D eigenvalue weighted by Crippen LogP contribution is -2.55. The lowest BCUT2D eigenvalue weighted by Gasteiger charge is -2.33. The van der Waals surface area contributed by atoms with Crippen LogP contribution in [0.1, 0.15) is 44.2 Å². The Morgan fingerprint density at radius 2 is 1.84 bits per heavy atom. The fraction of sp³-hybridized carbons (Fsp3) is 0.647. The molecule has 2 heteroatoms. The summed E-state index contributed by atoms with van der Waals surface area (Å²) >= 11 is 0. The number of hydrogen-bond acceptors (Lipinski definition) is 2. The summed E-state index contributed by atoms with van der Waals surface area (Å²) in [5.74, 6) is 0. The van der Waals surface area contributed by atoms with Gasteiger partial charge in [-0.3, -0.25) is 0 Å². The van der Waals surface area contributed by atoms with E-state index in [4.69, 9.17) is 5.73 Å². The fourth-order valence-electron chi connectivity index (χ4n) is 3.99. The van der Waals surface area contributed by atoms with Gasteiger partial charge >= 0.3 is 0 Å². The summed E-state index contributed by atoms with van der Waals surface area (Å²) in [6, 6.07) is 9.45. The number of nitrogens with two attached hydrogens (primary N) is 1. The van der Waals surface area contributed by atoms with Gasteiger partial charge in [0.1, 0.15) is 0 Å². The first-order valence-electron chi connectivity index (χ1n) is 7.57. The maximum absolute atomic E-state index is 6.13. The molecule has 0 radical (unpaired) electrons. The zero-order valence-electron chi connectivity index (χ0n) is 12.2. The van der Waals surface area contributed by atoms with Crippen molar-refractivity contribution in [3.8, 4) is 0 Å². The average Bonchev–Trinajstić information content (AvgIpc) is 2.90. The molecule has 3 N–H and O–H groups in total. The summed E-state index contributed by atoms with van der Waals surface area (Å²) in [5.41, 5.74) is 9.70. The van der Waals surface area contributed by atoms with Crippen molar-refractivity contribution in [3.05, 3.63) is 35.4 Å². The summed E-state index contributed by atoms with van der Waals surface area (Å²) in [6.45, 7) is 5.50. The van der Waals surface area contributed by atoms with Crippen molar-refractivity contribution >= 4 is 0 Å². The second-order valence-electron chi connectivity index (χ2n) is 7.35. The van der Waals surface area contributed by atoms with Crippen molar-refractivity contribution in [1.29, 1.82) is 0 Å². The molecule has 0 aliphatic heterocycles. The van der Waals surface area contributed by atoms with Crippen LogP contribution in [0.5, 0.6) is 0 Å². The topological polar surface area (TPSA) is 38.0 Å². The molecule has 0 heterocycles. The minimum absolute atomic E-state index is 0.106. The molecule has 1 unspecified atom stereocenters. The molecule has 1 fully saturated rings. The number of hydrogen-bond donors (Lipinski definition) is 2. The van der Waals surface area contributed by atoms with Crippen molar-refractivity contribution in [2.45, 2.75) is 57.5 Å². The highest BCUT2D eigenvalue weighted by atomic mass is 15.0. The van der Waals surface area contributed by atoms with Crippen LogP contribution in [0.25, 0.3) is 0 Å². The SMILES string of the molecule is CC1(C)CCC(NC2(CN)Cc3ccccc3C2)C1. The monoisotopic (exact) mass is 258 g/mol. The molecule has 1 atom stereocenters. The molecule has 19 heavy (non-hydrogen) atoms. The molecular formula is C17H26N2. The first kappa shape index (κ1) is 13.1. The average molecular weight is 258 g/mol. The first-order chi connectivity index (χ1) is 9.02. The van der Waals surface area contributed by atoms with E-state index in [0.29, 0.717) is 11.5 Å². The second kappa shape index (κ2) is 4.60. The van der Waals surface area contributed by atoms with Gasteiger partial charge in [-0.1, -0.05) is 38.1 Å². The quantitative estimate of drug-likeness (QED) is 0.874. The smallest absolute Gasteiger partial charge is 0.0387 e. The van der Waals surface area contributed by atoms with E-state index in [1.807, 2.05) is 0 Å². The van der Waals surface area contributed by atoms with E-state index in [1.165, 1.54) is 30.4 Å². The van der Waals surface area contributed by atoms with Crippen LogP contribution in [0.4, 0.5) is 0 Å². The van der Waals surface area contributed by atoms with Crippen LogP contribution in [0, 0.1) is 5.41 Å².